The fourth-order valence-corrected chi connectivity index (χ4v) is 5.04. The van der Waals surface area contributed by atoms with E-state index in [2.05, 4.69) is 4.98 Å². The van der Waals surface area contributed by atoms with Crippen molar-refractivity contribution in [3.05, 3.63) is 118 Å². The molecule has 1 N–H and O–H groups in total. The van der Waals surface area contributed by atoms with Gasteiger partial charge in [-0.05, 0) is 41.1 Å². The van der Waals surface area contributed by atoms with Crippen molar-refractivity contribution in [2.75, 3.05) is 6.54 Å². The second-order valence-electron chi connectivity index (χ2n) is 8.47. The Morgan fingerprint density at radius 1 is 1.06 bits per heavy atom. The van der Waals surface area contributed by atoms with E-state index in [1.807, 2.05) is 65.4 Å². The van der Waals surface area contributed by atoms with E-state index in [4.69, 9.17) is 4.74 Å². The number of hydrogen-bond donors (Lipinski definition) is 1. The Hall–Kier alpha value is -4.17. The summed E-state index contributed by atoms with van der Waals surface area (Å²) >= 11 is 1.29. The second-order valence-corrected chi connectivity index (χ2v) is 9.42. The van der Waals surface area contributed by atoms with Gasteiger partial charge in [-0.25, -0.2) is 4.98 Å². The fourth-order valence-electron chi connectivity index (χ4n) is 4.36. The highest BCUT2D eigenvalue weighted by molar-refractivity contribution is 7.12. The smallest absolute Gasteiger partial charge is 0.290 e. The lowest BCUT2D eigenvalue weighted by atomic mass is 9.95. The van der Waals surface area contributed by atoms with Gasteiger partial charge in [-0.15, -0.1) is 11.3 Å². The lowest BCUT2D eigenvalue weighted by Gasteiger charge is -2.27. The van der Waals surface area contributed by atoms with Crippen LogP contribution in [0.5, 0.6) is 5.75 Å². The van der Waals surface area contributed by atoms with Gasteiger partial charge in [0.1, 0.15) is 12.4 Å². The van der Waals surface area contributed by atoms with Crippen LogP contribution in [0.1, 0.15) is 33.3 Å². The fraction of sp³-hybridized carbons (Fsp3) is 0.179. The lowest BCUT2D eigenvalue weighted by Crippen LogP contribution is -2.32. The van der Waals surface area contributed by atoms with Crippen LogP contribution in [0.2, 0.25) is 0 Å². The summed E-state index contributed by atoms with van der Waals surface area (Å²) in [6.45, 7) is 1.42. The number of carbonyl (C=O) groups excluding carboxylic acids is 2. The van der Waals surface area contributed by atoms with Crippen LogP contribution < -0.4 is 4.74 Å². The number of amides is 1. The maximum atomic E-state index is 13.4. The normalized spacial score (nSPS) is 15.5. The molecular weight excluding hydrogens is 474 g/mol. The minimum Gasteiger partial charge on any atom is -0.503 e. The molecule has 1 aliphatic rings. The van der Waals surface area contributed by atoms with Gasteiger partial charge in [0.15, 0.2) is 5.76 Å². The van der Waals surface area contributed by atoms with Gasteiger partial charge in [-0.3, -0.25) is 9.59 Å². The highest BCUT2D eigenvalue weighted by Gasteiger charge is 2.43. The molecule has 0 spiro atoms. The highest BCUT2D eigenvalue weighted by atomic mass is 32.1. The number of ether oxygens (including phenoxy) is 1. The third kappa shape index (κ3) is 4.94. The Bertz CT molecular complexity index is 1370. The molecule has 0 bridgehead atoms. The monoisotopic (exact) mass is 499 g/mol. The predicted octanol–water partition coefficient (Wildman–Crippen LogP) is 5.19. The average Bonchev–Trinajstić information content (AvgIpc) is 3.67. The summed E-state index contributed by atoms with van der Waals surface area (Å²) in [5, 5.41) is 12.7. The van der Waals surface area contributed by atoms with Crippen LogP contribution in [0.25, 0.3) is 0 Å². The number of Topliss-reactive ketones (excluding diaryl/α,β-unsaturated/α-hetero) is 1. The number of carbonyl (C=O) groups is 2. The summed E-state index contributed by atoms with van der Waals surface area (Å²) in [4.78, 5) is 32.7. The standard InChI is InChI=1S/C28H25N3O4S/c32-26(23-11-5-16-36-23)24-25(31(28(34)27(24)33)14-6-13-30-15-12-29-19-30)21-9-4-10-22(17-21)35-18-20-7-2-1-3-8-20/h1-5,7-12,15-17,19,25,33H,6,13-14,18H2. The van der Waals surface area contributed by atoms with Crippen molar-refractivity contribution in [2.24, 2.45) is 0 Å². The third-order valence-electron chi connectivity index (χ3n) is 6.09. The maximum Gasteiger partial charge on any atom is 0.290 e. The molecule has 1 unspecified atom stereocenters. The predicted molar refractivity (Wildman–Crippen MR) is 137 cm³/mol. The molecule has 182 valence electrons. The summed E-state index contributed by atoms with van der Waals surface area (Å²) in [7, 11) is 0. The van der Waals surface area contributed by atoms with Crippen LogP contribution in [0.3, 0.4) is 0 Å². The number of rotatable bonds is 10. The van der Waals surface area contributed by atoms with Crippen molar-refractivity contribution in [3.8, 4) is 5.75 Å². The second kappa shape index (κ2) is 10.6. The number of nitrogens with zero attached hydrogens (tertiary/aromatic N) is 3. The van der Waals surface area contributed by atoms with E-state index in [1.54, 1.807) is 34.9 Å². The molecule has 0 radical (unpaired) electrons. The van der Waals surface area contributed by atoms with Crippen molar-refractivity contribution >= 4 is 23.0 Å². The molecule has 1 amide bonds. The molecule has 5 rings (SSSR count). The molecule has 7 nitrogen and oxygen atoms in total. The number of aliphatic hydroxyl groups excluding tert-OH is 1. The number of thiophene rings is 1. The van der Waals surface area contributed by atoms with E-state index in [1.165, 1.54) is 11.3 Å². The number of aromatic nitrogens is 2. The van der Waals surface area contributed by atoms with Gasteiger partial charge in [0.25, 0.3) is 5.91 Å². The Labute approximate surface area is 212 Å². The van der Waals surface area contributed by atoms with Crippen LogP contribution in [-0.2, 0) is 17.9 Å². The largest absolute Gasteiger partial charge is 0.503 e. The molecule has 0 saturated heterocycles. The van der Waals surface area contributed by atoms with Gasteiger partial charge < -0.3 is 19.3 Å². The van der Waals surface area contributed by atoms with Gasteiger partial charge in [0.2, 0.25) is 5.78 Å². The number of aliphatic hydroxyl groups is 1. The molecule has 0 fully saturated rings. The molecule has 3 heterocycles. The maximum absolute atomic E-state index is 13.4. The number of benzene rings is 2. The quantitative estimate of drug-likeness (QED) is 0.304. The topological polar surface area (TPSA) is 84.7 Å². The van der Waals surface area contributed by atoms with E-state index in [-0.39, 0.29) is 11.4 Å². The summed E-state index contributed by atoms with van der Waals surface area (Å²) in [5.74, 6) is -0.747. The summed E-state index contributed by atoms with van der Waals surface area (Å²) in [6.07, 6.45) is 5.92. The van der Waals surface area contributed by atoms with E-state index in [0.717, 1.165) is 5.56 Å². The van der Waals surface area contributed by atoms with Gasteiger partial charge in [0, 0.05) is 25.5 Å². The molecule has 1 atom stereocenters. The van der Waals surface area contributed by atoms with Crippen LogP contribution in [0.15, 0.2) is 102 Å². The average molecular weight is 500 g/mol. The summed E-state index contributed by atoms with van der Waals surface area (Å²) in [5.41, 5.74) is 1.84. The summed E-state index contributed by atoms with van der Waals surface area (Å²) in [6, 6.07) is 20.0. The van der Waals surface area contributed by atoms with Crippen LogP contribution in [0, 0.1) is 0 Å². The Balaban J connectivity index is 1.43. The van der Waals surface area contributed by atoms with Crippen molar-refractivity contribution in [3.63, 3.8) is 0 Å². The molecule has 2 aromatic heterocycles. The minimum absolute atomic E-state index is 0.102. The third-order valence-corrected chi connectivity index (χ3v) is 6.96. The van der Waals surface area contributed by atoms with E-state index in [0.29, 0.717) is 42.3 Å². The van der Waals surface area contributed by atoms with Crippen LogP contribution in [0.4, 0.5) is 0 Å². The zero-order valence-electron chi connectivity index (χ0n) is 19.5. The lowest BCUT2D eigenvalue weighted by molar-refractivity contribution is -0.129. The van der Waals surface area contributed by atoms with Crippen LogP contribution in [-0.4, -0.2) is 37.8 Å². The first kappa shape index (κ1) is 23.6. The number of ketones is 1. The Morgan fingerprint density at radius 3 is 2.67 bits per heavy atom. The number of aryl methyl sites for hydroxylation is 1. The molecule has 0 aliphatic carbocycles. The Kier molecular flexibility index (Phi) is 6.95. The molecule has 36 heavy (non-hydrogen) atoms. The van der Waals surface area contributed by atoms with Crippen molar-refractivity contribution in [1.29, 1.82) is 0 Å². The van der Waals surface area contributed by atoms with Crippen molar-refractivity contribution < 1.29 is 19.4 Å². The zero-order chi connectivity index (χ0) is 24.9. The molecular formula is C28H25N3O4S. The first-order valence-corrected chi connectivity index (χ1v) is 12.5. The molecule has 2 aromatic carbocycles. The molecule has 8 heteroatoms. The zero-order valence-corrected chi connectivity index (χ0v) is 20.3. The van der Waals surface area contributed by atoms with E-state index < -0.39 is 17.7 Å². The van der Waals surface area contributed by atoms with Gasteiger partial charge in [-0.2, -0.15) is 0 Å². The first-order chi connectivity index (χ1) is 17.6. The van der Waals surface area contributed by atoms with E-state index >= 15 is 0 Å². The van der Waals surface area contributed by atoms with Gasteiger partial charge in [-0.1, -0.05) is 48.5 Å². The van der Waals surface area contributed by atoms with Crippen molar-refractivity contribution in [1.82, 2.24) is 14.5 Å². The SMILES string of the molecule is O=C(C1=C(O)C(=O)N(CCCn2ccnc2)C1c1cccc(OCc2ccccc2)c1)c1cccs1. The molecule has 1 aliphatic heterocycles. The minimum atomic E-state index is -0.713. The van der Waals surface area contributed by atoms with E-state index in [9.17, 15) is 14.7 Å². The number of hydrogen-bond acceptors (Lipinski definition) is 6. The highest BCUT2D eigenvalue weighted by Crippen LogP contribution is 2.40. The summed E-state index contributed by atoms with van der Waals surface area (Å²) < 4.78 is 7.93. The van der Waals surface area contributed by atoms with Crippen LogP contribution >= 0.6 is 11.3 Å². The van der Waals surface area contributed by atoms with Gasteiger partial charge >= 0.3 is 0 Å². The Morgan fingerprint density at radius 2 is 1.92 bits per heavy atom. The van der Waals surface area contributed by atoms with Crippen molar-refractivity contribution in [2.45, 2.75) is 25.6 Å². The first-order valence-electron chi connectivity index (χ1n) is 11.7. The molecule has 0 saturated carbocycles. The number of imidazole rings is 1. The van der Waals surface area contributed by atoms with Gasteiger partial charge in [0.05, 0.1) is 22.8 Å². The molecule has 4 aromatic rings.